The number of carbonyl (C=O) groups is 2. The Kier molecular flexibility index (Phi) is 5.91. The first-order chi connectivity index (χ1) is 17.8. The molecule has 2 aromatic carbocycles. The van der Waals surface area contributed by atoms with Crippen LogP contribution >= 0.6 is 0 Å². The van der Waals surface area contributed by atoms with E-state index in [0.717, 1.165) is 55.1 Å². The average molecular weight is 497 g/mol. The second-order valence-electron chi connectivity index (χ2n) is 10.7. The molecule has 6 rings (SSSR count). The second kappa shape index (κ2) is 9.27. The van der Waals surface area contributed by atoms with E-state index < -0.39 is 0 Å². The standard InChI is InChI=1S/C29H32N6O2/c1-17-8-18(2)10-23(9-17)31-29-30-14-22-15-34(16-26(22)33-29)24-6-7-35(19(3)11-24)28(37)20-4-5-25-21(12-20)13-27(36)32-25/h4-5,8-10,12,14,19,24H,6-7,11,13,15-16H2,1-3H3,(H,32,36)(H,30,31,33)/t19-,24?/m1/s1. The predicted molar refractivity (Wildman–Crippen MR) is 143 cm³/mol. The zero-order valence-corrected chi connectivity index (χ0v) is 21.5. The van der Waals surface area contributed by atoms with Gasteiger partial charge >= 0.3 is 0 Å². The highest BCUT2D eigenvalue weighted by Gasteiger charge is 2.35. The minimum Gasteiger partial charge on any atom is -0.336 e. The van der Waals surface area contributed by atoms with Crippen LogP contribution < -0.4 is 10.6 Å². The highest BCUT2D eigenvalue weighted by atomic mass is 16.2. The minimum atomic E-state index is -0.0155. The van der Waals surface area contributed by atoms with Gasteiger partial charge in [-0.05, 0) is 80.6 Å². The normalized spacial score (nSPS) is 20.9. The van der Waals surface area contributed by atoms with Gasteiger partial charge in [-0.25, -0.2) is 9.97 Å². The van der Waals surface area contributed by atoms with E-state index in [2.05, 4.69) is 59.5 Å². The lowest BCUT2D eigenvalue weighted by atomic mass is 9.95. The molecular formula is C29H32N6O2. The molecule has 3 aromatic rings. The van der Waals surface area contributed by atoms with Crippen molar-refractivity contribution in [3.05, 3.63) is 76.1 Å². The number of aryl methyl sites for hydroxylation is 2. The van der Waals surface area contributed by atoms with Crippen LogP contribution in [0.15, 0.2) is 42.6 Å². The molecule has 1 aromatic heterocycles. The fraction of sp³-hybridized carbons (Fsp3) is 0.379. The van der Waals surface area contributed by atoms with E-state index in [1.807, 2.05) is 29.3 Å². The number of fused-ring (bicyclic) bond motifs is 2. The molecule has 1 fully saturated rings. The molecule has 8 nitrogen and oxygen atoms in total. The number of aromatic nitrogens is 2. The Morgan fingerprint density at radius 3 is 2.68 bits per heavy atom. The maximum absolute atomic E-state index is 13.3. The molecule has 1 saturated heterocycles. The molecule has 0 spiro atoms. The van der Waals surface area contributed by atoms with Crippen molar-refractivity contribution in [3.63, 3.8) is 0 Å². The van der Waals surface area contributed by atoms with Gasteiger partial charge in [-0.3, -0.25) is 14.5 Å². The summed E-state index contributed by atoms with van der Waals surface area (Å²) in [5, 5.41) is 6.19. The average Bonchev–Trinajstić information content (AvgIpc) is 3.44. The van der Waals surface area contributed by atoms with Crippen LogP contribution in [0, 0.1) is 13.8 Å². The van der Waals surface area contributed by atoms with Gasteiger partial charge in [0, 0.05) is 60.4 Å². The first kappa shape index (κ1) is 23.6. The summed E-state index contributed by atoms with van der Waals surface area (Å²) in [6, 6.07) is 12.4. The lowest BCUT2D eigenvalue weighted by Crippen LogP contribution is -2.50. The maximum atomic E-state index is 13.3. The van der Waals surface area contributed by atoms with E-state index in [9.17, 15) is 9.59 Å². The summed E-state index contributed by atoms with van der Waals surface area (Å²) in [5.74, 6) is 0.662. The predicted octanol–water partition coefficient (Wildman–Crippen LogP) is 4.34. The largest absolute Gasteiger partial charge is 0.336 e. The van der Waals surface area contributed by atoms with Gasteiger partial charge in [0.25, 0.3) is 5.91 Å². The second-order valence-corrected chi connectivity index (χ2v) is 10.7. The fourth-order valence-electron chi connectivity index (χ4n) is 5.98. The van der Waals surface area contributed by atoms with Crippen LogP contribution in [0.5, 0.6) is 0 Å². The van der Waals surface area contributed by atoms with E-state index in [1.165, 1.54) is 16.7 Å². The third-order valence-electron chi connectivity index (χ3n) is 7.76. The summed E-state index contributed by atoms with van der Waals surface area (Å²) in [6.07, 6.45) is 4.14. The first-order valence-electron chi connectivity index (χ1n) is 13.0. The molecule has 2 N–H and O–H groups in total. The van der Waals surface area contributed by atoms with Crippen LogP contribution in [-0.4, -0.2) is 50.2 Å². The van der Waals surface area contributed by atoms with E-state index in [-0.39, 0.29) is 17.9 Å². The minimum absolute atomic E-state index is 0.0155. The highest BCUT2D eigenvalue weighted by Crippen LogP contribution is 2.31. The Hall–Kier alpha value is -3.78. The summed E-state index contributed by atoms with van der Waals surface area (Å²) in [6.45, 7) is 8.68. The Morgan fingerprint density at radius 1 is 1.08 bits per heavy atom. The lowest BCUT2D eigenvalue weighted by Gasteiger charge is -2.41. The number of nitrogens with one attached hydrogen (secondary N) is 2. The molecule has 3 aliphatic rings. The van der Waals surface area contributed by atoms with Crippen molar-refractivity contribution >= 4 is 29.1 Å². The van der Waals surface area contributed by atoms with E-state index in [1.54, 1.807) is 0 Å². The molecule has 8 heteroatoms. The monoisotopic (exact) mass is 496 g/mol. The van der Waals surface area contributed by atoms with Gasteiger partial charge in [-0.1, -0.05) is 6.07 Å². The summed E-state index contributed by atoms with van der Waals surface area (Å²) in [4.78, 5) is 38.9. The third-order valence-corrected chi connectivity index (χ3v) is 7.76. The SMILES string of the molecule is Cc1cc(C)cc(Nc2ncc3c(n2)CN(C2CCN(C(=O)c4ccc5c(c4)CC(=O)N5)[C@H](C)C2)C3)c1. The molecule has 0 aliphatic carbocycles. The van der Waals surface area contributed by atoms with E-state index in [0.29, 0.717) is 24.0 Å². The molecule has 1 unspecified atom stereocenters. The quantitative estimate of drug-likeness (QED) is 0.559. The van der Waals surface area contributed by atoms with Gasteiger partial charge < -0.3 is 15.5 Å². The molecule has 190 valence electrons. The van der Waals surface area contributed by atoms with Crippen LogP contribution in [0.1, 0.15) is 58.1 Å². The van der Waals surface area contributed by atoms with Gasteiger partial charge in [0.15, 0.2) is 0 Å². The topological polar surface area (TPSA) is 90.5 Å². The first-order valence-corrected chi connectivity index (χ1v) is 13.0. The summed E-state index contributed by atoms with van der Waals surface area (Å²) in [7, 11) is 0. The molecule has 3 aliphatic heterocycles. The number of rotatable bonds is 4. The summed E-state index contributed by atoms with van der Waals surface area (Å²) in [5.41, 5.74) is 8.05. The van der Waals surface area contributed by atoms with Gasteiger partial charge in [0.1, 0.15) is 0 Å². The number of hydrogen-bond acceptors (Lipinski definition) is 6. The van der Waals surface area contributed by atoms with Crippen molar-refractivity contribution < 1.29 is 9.59 Å². The van der Waals surface area contributed by atoms with Crippen LogP contribution in [0.25, 0.3) is 0 Å². The summed E-state index contributed by atoms with van der Waals surface area (Å²) >= 11 is 0. The molecule has 2 atom stereocenters. The molecule has 37 heavy (non-hydrogen) atoms. The van der Waals surface area contributed by atoms with Crippen molar-refractivity contribution in [1.82, 2.24) is 19.8 Å². The number of anilines is 3. The zero-order valence-electron chi connectivity index (χ0n) is 21.5. The smallest absolute Gasteiger partial charge is 0.254 e. The van der Waals surface area contributed by atoms with Crippen molar-refractivity contribution in [2.75, 3.05) is 17.2 Å². The number of piperidine rings is 1. The maximum Gasteiger partial charge on any atom is 0.254 e. The number of carbonyl (C=O) groups excluding carboxylic acids is 2. The van der Waals surface area contributed by atoms with Crippen LogP contribution in [0.4, 0.5) is 17.3 Å². The van der Waals surface area contributed by atoms with Crippen LogP contribution in [-0.2, 0) is 24.3 Å². The lowest BCUT2D eigenvalue weighted by molar-refractivity contribution is -0.115. The molecule has 0 radical (unpaired) electrons. The molecule has 0 saturated carbocycles. The number of likely N-dealkylation sites (tertiary alicyclic amines) is 1. The Labute approximate surface area is 217 Å². The Balaban J connectivity index is 1.09. The highest BCUT2D eigenvalue weighted by molar-refractivity contribution is 6.01. The fourth-order valence-corrected chi connectivity index (χ4v) is 5.98. The van der Waals surface area contributed by atoms with Gasteiger partial charge in [-0.2, -0.15) is 0 Å². The van der Waals surface area contributed by atoms with E-state index >= 15 is 0 Å². The third kappa shape index (κ3) is 4.69. The number of hydrogen-bond donors (Lipinski definition) is 2. The number of nitrogens with zero attached hydrogens (tertiary/aromatic N) is 4. The number of benzene rings is 2. The molecular weight excluding hydrogens is 464 g/mol. The Morgan fingerprint density at radius 2 is 1.89 bits per heavy atom. The van der Waals surface area contributed by atoms with Crippen LogP contribution in [0.2, 0.25) is 0 Å². The van der Waals surface area contributed by atoms with Crippen molar-refractivity contribution in [2.24, 2.45) is 0 Å². The van der Waals surface area contributed by atoms with Gasteiger partial charge in [0.05, 0.1) is 12.1 Å². The van der Waals surface area contributed by atoms with Gasteiger partial charge in [-0.15, -0.1) is 0 Å². The Bertz CT molecular complexity index is 1380. The van der Waals surface area contributed by atoms with Gasteiger partial charge in [0.2, 0.25) is 11.9 Å². The summed E-state index contributed by atoms with van der Waals surface area (Å²) < 4.78 is 0. The van der Waals surface area contributed by atoms with Crippen molar-refractivity contribution in [2.45, 2.75) is 65.2 Å². The van der Waals surface area contributed by atoms with E-state index in [4.69, 9.17) is 4.98 Å². The zero-order chi connectivity index (χ0) is 25.7. The van der Waals surface area contributed by atoms with Crippen molar-refractivity contribution in [3.8, 4) is 0 Å². The molecule has 4 heterocycles. The number of amides is 2. The van der Waals surface area contributed by atoms with Crippen molar-refractivity contribution in [1.29, 1.82) is 0 Å². The molecule has 0 bridgehead atoms. The van der Waals surface area contributed by atoms with Crippen LogP contribution in [0.3, 0.4) is 0 Å². The molecule has 2 amide bonds.